The molecule has 1 fully saturated rings. The Balaban J connectivity index is 2.07. The Labute approximate surface area is 116 Å². The fourth-order valence-electron chi connectivity index (χ4n) is 2.37. The molecule has 0 aliphatic heterocycles. The summed E-state index contributed by atoms with van der Waals surface area (Å²) in [6.45, 7) is 4.64. The summed E-state index contributed by atoms with van der Waals surface area (Å²) in [5.41, 5.74) is 1.17. The van der Waals surface area contributed by atoms with Crippen LogP contribution in [0.2, 0.25) is 0 Å². The number of aromatic nitrogens is 2. The normalized spacial score (nSPS) is 19.8. The SMILES string of the molecule is Cn1ncc(NC2CCC(C)(C)CC2)c(Br)c1=O. The summed E-state index contributed by atoms with van der Waals surface area (Å²) in [7, 11) is 1.65. The van der Waals surface area contributed by atoms with Crippen molar-refractivity contribution in [1.29, 1.82) is 0 Å². The van der Waals surface area contributed by atoms with Gasteiger partial charge in [-0.15, -0.1) is 0 Å². The van der Waals surface area contributed by atoms with Gasteiger partial charge in [-0.3, -0.25) is 4.79 Å². The molecule has 1 saturated carbocycles. The molecule has 0 unspecified atom stereocenters. The molecule has 0 amide bonds. The molecule has 0 aromatic carbocycles. The molecule has 18 heavy (non-hydrogen) atoms. The van der Waals surface area contributed by atoms with Crippen molar-refractivity contribution >= 4 is 21.6 Å². The Kier molecular flexibility index (Phi) is 3.80. The summed E-state index contributed by atoms with van der Waals surface area (Å²) in [6, 6.07) is 0.447. The minimum Gasteiger partial charge on any atom is -0.380 e. The molecule has 1 aliphatic carbocycles. The first-order valence-electron chi connectivity index (χ1n) is 6.37. The average molecular weight is 314 g/mol. The number of nitrogens with one attached hydrogen (secondary N) is 1. The maximum absolute atomic E-state index is 11.7. The minimum absolute atomic E-state index is 0.101. The first-order chi connectivity index (χ1) is 8.39. The lowest BCUT2D eigenvalue weighted by Crippen LogP contribution is -2.31. The number of anilines is 1. The monoisotopic (exact) mass is 313 g/mol. The second-order valence-electron chi connectivity index (χ2n) is 5.88. The summed E-state index contributed by atoms with van der Waals surface area (Å²) in [5.74, 6) is 0. The highest BCUT2D eigenvalue weighted by Gasteiger charge is 2.27. The number of aryl methyl sites for hydroxylation is 1. The third-order valence-corrected chi connectivity index (χ3v) is 4.54. The quantitative estimate of drug-likeness (QED) is 0.913. The molecule has 0 atom stereocenters. The highest BCUT2D eigenvalue weighted by molar-refractivity contribution is 9.10. The van der Waals surface area contributed by atoms with Gasteiger partial charge in [0.15, 0.2) is 0 Å². The van der Waals surface area contributed by atoms with Crippen LogP contribution in [0.4, 0.5) is 5.69 Å². The fraction of sp³-hybridized carbons (Fsp3) is 0.692. The zero-order valence-electron chi connectivity index (χ0n) is 11.2. The van der Waals surface area contributed by atoms with Gasteiger partial charge in [-0.25, -0.2) is 4.68 Å². The largest absolute Gasteiger partial charge is 0.380 e. The van der Waals surface area contributed by atoms with Gasteiger partial charge in [0, 0.05) is 13.1 Å². The van der Waals surface area contributed by atoms with E-state index < -0.39 is 0 Å². The first kappa shape index (κ1) is 13.6. The van der Waals surface area contributed by atoms with E-state index in [2.05, 4.69) is 40.2 Å². The molecule has 1 aliphatic rings. The van der Waals surface area contributed by atoms with Crippen LogP contribution in [0.25, 0.3) is 0 Å². The molecular formula is C13H20BrN3O. The van der Waals surface area contributed by atoms with Gasteiger partial charge >= 0.3 is 0 Å². The molecular weight excluding hydrogens is 294 g/mol. The van der Waals surface area contributed by atoms with Crippen LogP contribution in [-0.2, 0) is 7.05 Å². The lowest BCUT2D eigenvalue weighted by Gasteiger charge is -2.35. The van der Waals surface area contributed by atoms with E-state index in [1.54, 1.807) is 13.2 Å². The maximum Gasteiger partial charge on any atom is 0.282 e. The van der Waals surface area contributed by atoms with Crippen LogP contribution < -0.4 is 10.9 Å². The van der Waals surface area contributed by atoms with Crippen molar-refractivity contribution < 1.29 is 0 Å². The molecule has 0 bridgehead atoms. The lowest BCUT2D eigenvalue weighted by molar-refractivity contribution is 0.232. The highest BCUT2D eigenvalue weighted by Crippen LogP contribution is 2.36. The van der Waals surface area contributed by atoms with E-state index in [-0.39, 0.29) is 5.56 Å². The van der Waals surface area contributed by atoms with Crippen LogP contribution in [0, 0.1) is 5.41 Å². The number of hydrogen-bond acceptors (Lipinski definition) is 3. The van der Waals surface area contributed by atoms with Gasteiger partial charge in [0.2, 0.25) is 0 Å². The molecule has 100 valence electrons. The predicted molar refractivity (Wildman–Crippen MR) is 76.8 cm³/mol. The number of rotatable bonds is 2. The van der Waals surface area contributed by atoms with Crippen LogP contribution in [0.3, 0.4) is 0 Å². The molecule has 0 saturated heterocycles. The van der Waals surface area contributed by atoms with Crippen LogP contribution in [-0.4, -0.2) is 15.8 Å². The zero-order chi connectivity index (χ0) is 13.3. The van der Waals surface area contributed by atoms with Crippen LogP contribution in [0.1, 0.15) is 39.5 Å². The second kappa shape index (κ2) is 5.03. The fourth-order valence-corrected chi connectivity index (χ4v) is 2.85. The van der Waals surface area contributed by atoms with E-state index in [4.69, 9.17) is 0 Å². The molecule has 2 rings (SSSR count). The van der Waals surface area contributed by atoms with Crippen molar-refractivity contribution in [1.82, 2.24) is 9.78 Å². The van der Waals surface area contributed by atoms with Gasteiger partial charge in [0.1, 0.15) is 4.47 Å². The van der Waals surface area contributed by atoms with E-state index in [1.165, 1.54) is 17.5 Å². The maximum atomic E-state index is 11.7. The van der Waals surface area contributed by atoms with E-state index in [9.17, 15) is 4.79 Å². The topological polar surface area (TPSA) is 46.9 Å². The first-order valence-corrected chi connectivity index (χ1v) is 7.17. The molecule has 1 N–H and O–H groups in total. The van der Waals surface area contributed by atoms with Crippen molar-refractivity contribution in [3.05, 3.63) is 21.0 Å². The van der Waals surface area contributed by atoms with E-state index >= 15 is 0 Å². The van der Waals surface area contributed by atoms with Crippen LogP contribution in [0.15, 0.2) is 15.5 Å². The molecule has 1 aromatic rings. The number of halogens is 1. The van der Waals surface area contributed by atoms with E-state index in [0.717, 1.165) is 18.5 Å². The molecule has 0 spiro atoms. The summed E-state index contributed by atoms with van der Waals surface area (Å²) in [6.07, 6.45) is 6.45. The van der Waals surface area contributed by atoms with Gasteiger partial charge < -0.3 is 5.32 Å². The lowest BCUT2D eigenvalue weighted by atomic mass is 9.75. The van der Waals surface area contributed by atoms with Crippen molar-refractivity contribution in [2.75, 3.05) is 5.32 Å². The Morgan fingerprint density at radius 2 is 2.06 bits per heavy atom. The summed E-state index contributed by atoms with van der Waals surface area (Å²) < 4.78 is 1.91. The van der Waals surface area contributed by atoms with Crippen molar-refractivity contribution in [2.45, 2.75) is 45.6 Å². The van der Waals surface area contributed by atoms with Gasteiger partial charge in [-0.2, -0.15) is 5.10 Å². The van der Waals surface area contributed by atoms with Crippen LogP contribution in [0.5, 0.6) is 0 Å². The summed E-state index contributed by atoms with van der Waals surface area (Å²) >= 11 is 3.34. The highest BCUT2D eigenvalue weighted by atomic mass is 79.9. The smallest absolute Gasteiger partial charge is 0.282 e. The molecule has 0 radical (unpaired) electrons. The molecule has 5 heteroatoms. The third kappa shape index (κ3) is 2.94. The molecule has 1 heterocycles. The standard InChI is InChI=1S/C13H20BrN3O/c1-13(2)6-4-9(5-7-13)16-10-8-15-17(3)12(18)11(10)14/h8-9,16H,4-7H2,1-3H3. The van der Waals surface area contributed by atoms with E-state index in [0.29, 0.717) is 15.9 Å². The van der Waals surface area contributed by atoms with E-state index in [1.807, 2.05) is 0 Å². The van der Waals surface area contributed by atoms with Gasteiger partial charge in [-0.1, -0.05) is 13.8 Å². The van der Waals surface area contributed by atoms with Gasteiger partial charge in [-0.05, 0) is 47.0 Å². The summed E-state index contributed by atoms with van der Waals surface area (Å²) in [5, 5.41) is 7.48. The van der Waals surface area contributed by atoms with Crippen molar-refractivity contribution in [3.63, 3.8) is 0 Å². The zero-order valence-corrected chi connectivity index (χ0v) is 12.7. The van der Waals surface area contributed by atoms with Crippen LogP contribution >= 0.6 is 15.9 Å². The Morgan fingerprint density at radius 3 is 2.67 bits per heavy atom. The predicted octanol–water partition coefficient (Wildman–Crippen LogP) is 2.92. The third-order valence-electron chi connectivity index (χ3n) is 3.78. The van der Waals surface area contributed by atoms with Gasteiger partial charge in [0.25, 0.3) is 5.56 Å². The molecule has 1 aromatic heterocycles. The Hall–Kier alpha value is -0.840. The Morgan fingerprint density at radius 1 is 1.44 bits per heavy atom. The number of hydrogen-bond donors (Lipinski definition) is 1. The second-order valence-corrected chi connectivity index (χ2v) is 6.68. The van der Waals surface area contributed by atoms with Crippen molar-refractivity contribution in [2.24, 2.45) is 12.5 Å². The molecule has 4 nitrogen and oxygen atoms in total. The Bertz CT molecular complexity index is 485. The summed E-state index contributed by atoms with van der Waals surface area (Å²) in [4.78, 5) is 11.7. The minimum atomic E-state index is -0.101. The van der Waals surface area contributed by atoms with Crippen molar-refractivity contribution in [3.8, 4) is 0 Å². The number of nitrogens with zero attached hydrogens (tertiary/aromatic N) is 2. The van der Waals surface area contributed by atoms with Gasteiger partial charge in [0.05, 0.1) is 11.9 Å². The average Bonchev–Trinajstić information content (AvgIpc) is 2.32.